The van der Waals surface area contributed by atoms with Crippen molar-refractivity contribution in [3.8, 4) is 11.5 Å². The quantitative estimate of drug-likeness (QED) is 0.938. The zero-order chi connectivity index (χ0) is 13.9. The molecule has 1 aliphatic rings. The van der Waals surface area contributed by atoms with E-state index in [2.05, 4.69) is 28.1 Å². The fourth-order valence-electron chi connectivity index (χ4n) is 2.31. The SMILES string of the molecule is N[C@@H](Cc1cccc(Br)c1)[C@H]1COc2ccccc2O1. The zero-order valence-corrected chi connectivity index (χ0v) is 12.5. The number of hydrogen-bond donors (Lipinski definition) is 1. The van der Waals surface area contributed by atoms with Gasteiger partial charge < -0.3 is 15.2 Å². The summed E-state index contributed by atoms with van der Waals surface area (Å²) in [4.78, 5) is 0. The molecule has 0 saturated carbocycles. The summed E-state index contributed by atoms with van der Waals surface area (Å²) in [5, 5.41) is 0. The molecule has 2 atom stereocenters. The van der Waals surface area contributed by atoms with Gasteiger partial charge in [-0.15, -0.1) is 0 Å². The highest BCUT2D eigenvalue weighted by Crippen LogP contribution is 2.31. The third kappa shape index (κ3) is 2.97. The van der Waals surface area contributed by atoms with Crippen LogP contribution in [-0.4, -0.2) is 18.8 Å². The Balaban J connectivity index is 1.68. The van der Waals surface area contributed by atoms with E-state index in [-0.39, 0.29) is 12.1 Å². The van der Waals surface area contributed by atoms with Gasteiger partial charge in [-0.05, 0) is 36.2 Å². The number of rotatable bonds is 3. The van der Waals surface area contributed by atoms with Crippen molar-refractivity contribution >= 4 is 15.9 Å². The fourth-order valence-corrected chi connectivity index (χ4v) is 2.76. The molecule has 3 rings (SSSR count). The van der Waals surface area contributed by atoms with E-state index in [1.807, 2.05) is 36.4 Å². The summed E-state index contributed by atoms with van der Waals surface area (Å²) in [6.45, 7) is 0.492. The summed E-state index contributed by atoms with van der Waals surface area (Å²) < 4.78 is 12.7. The number of nitrogens with two attached hydrogens (primary N) is 1. The number of halogens is 1. The Bertz CT molecular complexity index is 603. The third-order valence-electron chi connectivity index (χ3n) is 3.37. The van der Waals surface area contributed by atoms with Crippen molar-refractivity contribution in [2.75, 3.05) is 6.61 Å². The minimum absolute atomic E-state index is 0.0994. The van der Waals surface area contributed by atoms with Crippen LogP contribution in [0.25, 0.3) is 0 Å². The molecule has 3 nitrogen and oxygen atoms in total. The number of ether oxygens (including phenoxy) is 2. The van der Waals surface area contributed by atoms with Crippen LogP contribution in [0.15, 0.2) is 53.0 Å². The van der Waals surface area contributed by atoms with Gasteiger partial charge >= 0.3 is 0 Å². The Labute approximate surface area is 126 Å². The van der Waals surface area contributed by atoms with Crippen LogP contribution in [0.3, 0.4) is 0 Å². The van der Waals surface area contributed by atoms with E-state index >= 15 is 0 Å². The lowest BCUT2D eigenvalue weighted by Gasteiger charge is -2.30. The number of para-hydroxylation sites is 2. The molecule has 2 aromatic rings. The Morgan fingerprint density at radius 3 is 2.75 bits per heavy atom. The second kappa shape index (κ2) is 5.85. The van der Waals surface area contributed by atoms with E-state index in [4.69, 9.17) is 15.2 Å². The second-order valence-corrected chi connectivity index (χ2v) is 5.83. The first-order valence-electron chi connectivity index (χ1n) is 6.61. The first kappa shape index (κ1) is 13.5. The van der Waals surface area contributed by atoms with Gasteiger partial charge in [-0.25, -0.2) is 0 Å². The van der Waals surface area contributed by atoms with Gasteiger partial charge in [0.25, 0.3) is 0 Å². The van der Waals surface area contributed by atoms with Gasteiger partial charge in [-0.3, -0.25) is 0 Å². The van der Waals surface area contributed by atoms with Crippen LogP contribution in [0, 0.1) is 0 Å². The molecule has 4 heteroatoms. The Kier molecular flexibility index (Phi) is 3.94. The molecule has 2 N–H and O–H groups in total. The largest absolute Gasteiger partial charge is 0.486 e. The molecule has 0 unspecified atom stereocenters. The topological polar surface area (TPSA) is 44.5 Å². The van der Waals surface area contributed by atoms with Gasteiger partial charge in [0.1, 0.15) is 12.7 Å². The Morgan fingerprint density at radius 1 is 1.15 bits per heavy atom. The zero-order valence-electron chi connectivity index (χ0n) is 11.0. The Morgan fingerprint density at radius 2 is 1.95 bits per heavy atom. The average molecular weight is 334 g/mol. The van der Waals surface area contributed by atoms with E-state index < -0.39 is 0 Å². The van der Waals surface area contributed by atoms with Gasteiger partial charge in [0.2, 0.25) is 0 Å². The highest BCUT2D eigenvalue weighted by Gasteiger charge is 2.26. The molecule has 20 heavy (non-hydrogen) atoms. The molecule has 0 aromatic heterocycles. The molecule has 0 aliphatic carbocycles. The van der Waals surface area contributed by atoms with E-state index in [1.165, 1.54) is 5.56 Å². The highest BCUT2D eigenvalue weighted by atomic mass is 79.9. The fraction of sp³-hybridized carbons (Fsp3) is 0.250. The van der Waals surface area contributed by atoms with Crippen molar-refractivity contribution in [3.63, 3.8) is 0 Å². The minimum Gasteiger partial charge on any atom is -0.486 e. The third-order valence-corrected chi connectivity index (χ3v) is 3.86. The van der Waals surface area contributed by atoms with Gasteiger partial charge in [0, 0.05) is 10.5 Å². The first-order chi connectivity index (χ1) is 9.72. The highest BCUT2D eigenvalue weighted by molar-refractivity contribution is 9.10. The van der Waals surface area contributed by atoms with Crippen LogP contribution >= 0.6 is 15.9 Å². The lowest BCUT2D eigenvalue weighted by molar-refractivity contribution is 0.0723. The molecule has 1 aliphatic heterocycles. The molecule has 0 spiro atoms. The molecule has 0 fully saturated rings. The van der Waals surface area contributed by atoms with Gasteiger partial charge in [-0.1, -0.05) is 40.2 Å². The lowest BCUT2D eigenvalue weighted by atomic mass is 10.0. The van der Waals surface area contributed by atoms with Crippen LogP contribution in [0.4, 0.5) is 0 Å². The second-order valence-electron chi connectivity index (χ2n) is 4.91. The molecule has 0 amide bonds. The van der Waals surface area contributed by atoms with Crippen LogP contribution in [0.1, 0.15) is 5.56 Å². The molecule has 1 heterocycles. The van der Waals surface area contributed by atoms with Crippen LogP contribution in [0.5, 0.6) is 11.5 Å². The maximum absolute atomic E-state index is 6.27. The lowest BCUT2D eigenvalue weighted by Crippen LogP contribution is -2.46. The van der Waals surface area contributed by atoms with Gasteiger partial charge in [0.15, 0.2) is 11.5 Å². The Hall–Kier alpha value is -1.52. The minimum atomic E-state index is -0.121. The molecular formula is C16H16BrNO2. The maximum Gasteiger partial charge on any atom is 0.161 e. The van der Waals surface area contributed by atoms with Crippen molar-refractivity contribution < 1.29 is 9.47 Å². The predicted octanol–water partition coefficient (Wildman–Crippen LogP) is 3.16. The van der Waals surface area contributed by atoms with E-state index in [9.17, 15) is 0 Å². The van der Waals surface area contributed by atoms with E-state index in [0.29, 0.717) is 6.61 Å². The number of hydrogen-bond acceptors (Lipinski definition) is 3. The van der Waals surface area contributed by atoms with Crippen molar-refractivity contribution in [2.45, 2.75) is 18.6 Å². The summed E-state index contributed by atoms with van der Waals surface area (Å²) in [5.74, 6) is 1.56. The summed E-state index contributed by atoms with van der Waals surface area (Å²) >= 11 is 3.47. The van der Waals surface area contributed by atoms with E-state index in [1.54, 1.807) is 0 Å². The van der Waals surface area contributed by atoms with Crippen molar-refractivity contribution in [1.29, 1.82) is 0 Å². The van der Waals surface area contributed by atoms with Gasteiger partial charge in [-0.2, -0.15) is 0 Å². The maximum atomic E-state index is 6.27. The smallest absolute Gasteiger partial charge is 0.161 e. The molecule has 0 bridgehead atoms. The summed E-state index contributed by atoms with van der Waals surface area (Å²) in [6, 6.07) is 15.8. The normalized spacial score (nSPS) is 18.6. The molecule has 2 aromatic carbocycles. The van der Waals surface area contributed by atoms with Crippen LogP contribution in [-0.2, 0) is 6.42 Å². The molecule has 0 radical (unpaired) electrons. The van der Waals surface area contributed by atoms with Crippen LogP contribution < -0.4 is 15.2 Å². The molecule has 104 valence electrons. The van der Waals surface area contributed by atoms with Crippen LogP contribution in [0.2, 0.25) is 0 Å². The van der Waals surface area contributed by atoms with Crippen molar-refractivity contribution in [1.82, 2.24) is 0 Å². The molecular weight excluding hydrogens is 318 g/mol. The standard InChI is InChI=1S/C16H16BrNO2/c17-12-5-3-4-11(8-12)9-13(18)16-10-19-14-6-1-2-7-15(14)20-16/h1-8,13,16H,9-10,18H2/t13-,16+/m0/s1. The average Bonchev–Trinajstić information content (AvgIpc) is 2.47. The number of fused-ring (bicyclic) bond motifs is 1. The summed E-state index contributed by atoms with van der Waals surface area (Å²) in [7, 11) is 0. The van der Waals surface area contributed by atoms with Crippen molar-refractivity contribution in [2.24, 2.45) is 5.73 Å². The predicted molar refractivity (Wildman–Crippen MR) is 82.2 cm³/mol. The summed E-state index contributed by atoms with van der Waals surface area (Å²) in [6.07, 6.45) is 0.638. The summed E-state index contributed by atoms with van der Waals surface area (Å²) in [5.41, 5.74) is 7.46. The monoisotopic (exact) mass is 333 g/mol. The molecule has 0 saturated heterocycles. The first-order valence-corrected chi connectivity index (χ1v) is 7.40. The van der Waals surface area contributed by atoms with E-state index in [0.717, 1.165) is 22.4 Å². The van der Waals surface area contributed by atoms with Crippen molar-refractivity contribution in [3.05, 3.63) is 58.6 Å². The van der Waals surface area contributed by atoms with Gasteiger partial charge in [0.05, 0.1) is 0 Å². The number of benzene rings is 2.